The summed E-state index contributed by atoms with van der Waals surface area (Å²) in [4.78, 5) is 47.4. The number of aromatic nitrogens is 4. The number of benzene rings is 4. The molecule has 2 atom stereocenters. The van der Waals surface area contributed by atoms with Crippen molar-refractivity contribution >= 4 is 57.8 Å². The Hall–Kier alpha value is -7.98. The van der Waals surface area contributed by atoms with Gasteiger partial charge in [-0.2, -0.15) is 10.5 Å². The molecule has 3 N–H and O–H groups in total. The predicted octanol–water partition coefficient (Wildman–Crippen LogP) is 12.1. The number of aliphatic hydroxyl groups is 1. The lowest BCUT2D eigenvalue weighted by molar-refractivity contribution is -0.145. The molecule has 0 saturated heterocycles. The highest BCUT2D eigenvalue weighted by molar-refractivity contribution is 7.09. The van der Waals surface area contributed by atoms with Crippen LogP contribution >= 0.6 is 45.9 Å². The molecular weight excluding hydrogens is 1120 g/mol. The lowest BCUT2D eigenvalue weighted by Crippen LogP contribution is -2.41. The second-order valence-electron chi connectivity index (χ2n) is 19.3. The number of hydrogen-bond acceptors (Lipinski definition) is 17. The van der Waals surface area contributed by atoms with Crippen LogP contribution in [0.25, 0.3) is 11.1 Å². The van der Waals surface area contributed by atoms with E-state index in [1.165, 1.54) is 35.1 Å². The summed E-state index contributed by atoms with van der Waals surface area (Å²) >= 11 is 16.9. The number of halogens is 2. The zero-order valence-corrected chi connectivity index (χ0v) is 48.3. The van der Waals surface area contributed by atoms with Gasteiger partial charge < -0.3 is 34.3 Å². The third-order valence-electron chi connectivity index (χ3n) is 13.7. The van der Waals surface area contributed by atoms with Crippen molar-refractivity contribution in [3.8, 4) is 46.3 Å². The Balaban J connectivity index is 1.04. The quantitative estimate of drug-likeness (QED) is 0.0395. The Morgan fingerprint density at radius 2 is 1.01 bits per heavy atom. The van der Waals surface area contributed by atoms with Gasteiger partial charge in [-0.05, 0) is 84.3 Å². The minimum absolute atomic E-state index is 0.0157. The maximum atomic E-state index is 12.7. The molecule has 8 aromatic rings. The average molecular weight is 1180 g/mol. The molecule has 422 valence electrons. The number of ether oxygens (including phenoxy) is 4. The molecule has 2 unspecified atom stereocenters. The van der Waals surface area contributed by atoms with Crippen LogP contribution in [0, 0.1) is 36.5 Å². The van der Waals surface area contributed by atoms with Gasteiger partial charge in [-0.15, -0.1) is 22.7 Å². The maximum absolute atomic E-state index is 12.7. The SMILES string of the molecule is CCCC(C(=O)O)N(Cc1cncs1)Cc1cc(Cl)c(OCc2cccc(-c3cccc(COc4cc(OCc5cncc(C#N)c5)c(CN(Cc5cncs5)C(CCO)C(=O)O)cc4Cl)c3C)c2C)cc1OCc1cncc(C#N)c1. The van der Waals surface area contributed by atoms with E-state index in [0.29, 0.717) is 80.8 Å². The minimum atomic E-state index is -1.09. The van der Waals surface area contributed by atoms with Gasteiger partial charge >= 0.3 is 11.9 Å². The molecule has 4 heterocycles. The van der Waals surface area contributed by atoms with E-state index in [4.69, 9.17) is 42.1 Å². The molecule has 4 aromatic carbocycles. The van der Waals surface area contributed by atoms with Gasteiger partial charge in [0.1, 0.15) is 73.6 Å². The van der Waals surface area contributed by atoms with Crippen molar-refractivity contribution in [1.29, 1.82) is 10.5 Å². The van der Waals surface area contributed by atoms with E-state index >= 15 is 0 Å². The zero-order valence-electron chi connectivity index (χ0n) is 45.1. The summed E-state index contributed by atoms with van der Waals surface area (Å²) in [5.41, 5.74) is 12.3. The number of carboxylic acids is 2. The molecule has 17 nitrogen and oxygen atoms in total. The molecule has 21 heteroatoms. The number of aliphatic hydroxyl groups excluding tert-OH is 1. The minimum Gasteiger partial charge on any atom is -0.488 e. The molecule has 0 saturated carbocycles. The first-order valence-electron chi connectivity index (χ1n) is 26.1. The van der Waals surface area contributed by atoms with Crippen molar-refractivity contribution in [2.45, 2.75) is 105 Å². The molecule has 8 rings (SSSR count). The average Bonchev–Trinajstić information content (AvgIpc) is 4.28. The van der Waals surface area contributed by atoms with Crippen LogP contribution in [0.2, 0.25) is 10.0 Å². The van der Waals surface area contributed by atoms with Gasteiger partial charge in [-0.25, -0.2) is 0 Å². The largest absolute Gasteiger partial charge is 0.488 e. The standard InChI is InChI=1S/C61H58Cl2N8O9S2/c1-4-7-54(60(73)74)70(30-48-26-68-36-81-48)28-46-16-52(62)58(18-56(46)77-32-42-14-40(20-64)22-66-24-42)79-34-44-8-5-10-50(38(44)2)51-11-6-9-45(39(51)3)35-80-59-19-57(78-33-43-15-41(21-65)23-67-25-43)47(17-53(59)63)29-71(31-49-27-69-37-82-49)55(12-13-72)61(75)76/h5-6,8-11,14-19,22-27,36-37,54-55,72H,4,7,12-13,28-35H2,1-3H3,(H,73,74)(H,75,76). The monoisotopic (exact) mass is 1180 g/mol. The van der Waals surface area contributed by atoms with Crippen LogP contribution < -0.4 is 18.9 Å². The Morgan fingerprint density at radius 3 is 1.40 bits per heavy atom. The lowest BCUT2D eigenvalue weighted by Gasteiger charge is -2.29. The Kier molecular flexibility index (Phi) is 21.4. The van der Waals surface area contributed by atoms with Crippen molar-refractivity contribution in [3.63, 3.8) is 0 Å². The molecule has 0 radical (unpaired) electrons. The molecule has 0 aliphatic rings. The van der Waals surface area contributed by atoms with Crippen LogP contribution in [0.5, 0.6) is 23.0 Å². The summed E-state index contributed by atoms with van der Waals surface area (Å²) in [6, 6.07) is 24.6. The van der Waals surface area contributed by atoms with Gasteiger partial charge in [-0.1, -0.05) is 72.9 Å². The number of carbonyl (C=O) groups is 2. The Labute approximate surface area is 493 Å². The molecule has 0 aliphatic heterocycles. The highest BCUT2D eigenvalue weighted by atomic mass is 35.5. The molecular formula is C61H58Cl2N8O9S2. The number of carboxylic acid groups (broad SMARTS) is 2. The van der Waals surface area contributed by atoms with E-state index in [2.05, 4.69) is 32.1 Å². The van der Waals surface area contributed by atoms with E-state index in [0.717, 1.165) is 43.1 Å². The molecule has 82 heavy (non-hydrogen) atoms. The van der Waals surface area contributed by atoms with Gasteiger partial charge in [-0.3, -0.25) is 39.3 Å². The molecule has 0 spiro atoms. The maximum Gasteiger partial charge on any atom is 0.321 e. The van der Waals surface area contributed by atoms with Crippen molar-refractivity contribution < 1.29 is 43.9 Å². The van der Waals surface area contributed by atoms with Gasteiger partial charge in [0.05, 0.1) is 32.2 Å². The Morgan fingerprint density at radius 1 is 0.573 bits per heavy atom. The molecule has 0 amide bonds. The first-order chi connectivity index (χ1) is 39.7. The fourth-order valence-electron chi connectivity index (χ4n) is 9.39. The summed E-state index contributed by atoms with van der Waals surface area (Å²) in [7, 11) is 0. The van der Waals surface area contributed by atoms with Crippen LogP contribution in [-0.2, 0) is 62.2 Å². The van der Waals surface area contributed by atoms with Crippen molar-refractivity contribution in [3.05, 3.63) is 196 Å². The first kappa shape index (κ1) is 60.1. The number of aliphatic carboxylic acids is 2. The van der Waals surface area contributed by atoms with E-state index in [-0.39, 0.29) is 64.1 Å². The number of nitrogens with zero attached hydrogens (tertiary/aromatic N) is 8. The van der Waals surface area contributed by atoms with Crippen LogP contribution in [0.15, 0.2) is 121 Å². The van der Waals surface area contributed by atoms with Crippen molar-refractivity contribution in [2.24, 2.45) is 0 Å². The lowest BCUT2D eigenvalue weighted by atomic mass is 9.92. The second-order valence-corrected chi connectivity index (χ2v) is 22.0. The van der Waals surface area contributed by atoms with Crippen LogP contribution in [0.4, 0.5) is 0 Å². The summed E-state index contributed by atoms with van der Waals surface area (Å²) in [6.07, 6.45) is 10.6. The fourth-order valence-corrected chi connectivity index (χ4v) is 11.1. The van der Waals surface area contributed by atoms with Crippen molar-refractivity contribution in [1.82, 2.24) is 29.7 Å². The third-order valence-corrected chi connectivity index (χ3v) is 15.8. The fraction of sp³-hybridized carbons (Fsp3) is 0.279. The summed E-state index contributed by atoms with van der Waals surface area (Å²) in [5, 5.41) is 50.2. The normalized spacial score (nSPS) is 11.9. The summed E-state index contributed by atoms with van der Waals surface area (Å²) in [6.45, 7) is 6.90. The van der Waals surface area contributed by atoms with Gasteiger partial charge in [0.25, 0.3) is 0 Å². The molecule has 0 aliphatic carbocycles. The number of nitriles is 2. The first-order valence-corrected chi connectivity index (χ1v) is 28.6. The number of rotatable bonds is 29. The number of pyridine rings is 2. The molecule has 0 bridgehead atoms. The van der Waals surface area contributed by atoms with Crippen LogP contribution in [0.3, 0.4) is 0 Å². The highest BCUT2D eigenvalue weighted by Crippen LogP contribution is 2.39. The van der Waals surface area contributed by atoms with E-state index < -0.39 is 24.0 Å². The van der Waals surface area contributed by atoms with Gasteiger partial charge in [0, 0.05) is 114 Å². The molecule has 0 fully saturated rings. The predicted molar refractivity (Wildman–Crippen MR) is 312 cm³/mol. The summed E-state index contributed by atoms with van der Waals surface area (Å²) in [5.74, 6) is -0.554. The van der Waals surface area contributed by atoms with Crippen LogP contribution in [0.1, 0.15) is 91.6 Å². The van der Waals surface area contributed by atoms with E-state index in [9.17, 15) is 35.4 Å². The Bertz CT molecular complexity index is 3340. The van der Waals surface area contributed by atoms with Gasteiger partial charge in [0.15, 0.2) is 0 Å². The topological polar surface area (TPSA) is 237 Å². The molecule has 4 aromatic heterocycles. The van der Waals surface area contributed by atoms with Crippen molar-refractivity contribution in [2.75, 3.05) is 6.61 Å². The van der Waals surface area contributed by atoms with Crippen LogP contribution in [-0.4, -0.2) is 75.7 Å². The number of hydrogen-bond donors (Lipinski definition) is 3. The van der Waals surface area contributed by atoms with Gasteiger partial charge in [0.2, 0.25) is 0 Å². The van der Waals surface area contributed by atoms with E-state index in [1.807, 2.05) is 62.1 Å². The zero-order chi connectivity index (χ0) is 58.1. The smallest absolute Gasteiger partial charge is 0.321 e. The second kappa shape index (κ2) is 29.1. The van der Waals surface area contributed by atoms with E-state index in [1.54, 1.807) is 77.1 Å². The summed E-state index contributed by atoms with van der Waals surface area (Å²) < 4.78 is 25.9. The highest BCUT2D eigenvalue weighted by Gasteiger charge is 2.29. The third kappa shape index (κ3) is 15.7. The number of thiazole rings is 2.